The summed E-state index contributed by atoms with van der Waals surface area (Å²) in [5, 5.41) is 13.4. The van der Waals surface area contributed by atoms with Crippen molar-refractivity contribution in [1.82, 2.24) is 4.98 Å². The van der Waals surface area contributed by atoms with Gasteiger partial charge < -0.3 is 10.4 Å². The average Bonchev–Trinajstić information content (AvgIpc) is 2.84. The van der Waals surface area contributed by atoms with Crippen molar-refractivity contribution in [3.63, 3.8) is 0 Å². The lowest BCUT2D eigenvalue weighted by molar-refractivity contribution is -0.129. The highest BCUT2D eigenvalue weighted by Gasteiger charge is 2.49. The van der Waals surface area contributed by atoms with Crippen LogP contribution in [-0.2, 0) is 10.4 Å². The molecule has 0 bridgehead atoms. The van der Waals surface area contributed by atoms with Crippen LogP contribution in [0.3, 0.4) is 0 Å². The largest absolute Gasteiger partial charge is 0.371 e. The molecule has 2 N–H and O–H groups in total. The van der Waals surface area contributed by atoms with Gasteiger partial charge in [-0.2, -0.15) is 0 Å². The number of aliphatic hydroxyl groups is 1. The second-order valence-corrected chi connectivity index (χ2v) is 5.29. The van der Waals surface area contributed by atoms with Crippen molar-refractivity contribution in [2.75, 3.05) is 5.32 Å². The number of carbonyl (C=O) groups is 1. The highest BCUT2D eigenvalue weighted by Crippen LogP contribution is 2.44. The van der Waals surface area contributed by atoms with E-state index in [1.54, 1.807) is 23.7 Å². The minimum absolute atomic E-state index is 0.441. The fourth-order valence-electron chi connectivity index (χ4n) is 1.94. The number of aromatic nitrogens is 1. The van der Waals surface area contributed by atoms with Gasteiger partial charge in [0, 0.05) is 11.3 Å². The predicted octanol–water partition coefficient (Wildman–Crippen LogP) is 2.09. The normalized spacial score (nSPS) is 22.4. The number of benzene rings is 1. The molecule has 2 heterocycles. The van der Waals surface area contributed by atoms with Gasteiger partial charge in [-0.15, -0.1) is 11.3 Å². The Balaban J connectivity index is 2.27. The molecule has 0 aliphatic carbocycles. The van der Waals surface area contributed by atoms with E-state index in [2.05, 4.69) is 26.2 Å². The Kier molecular flexibility index (Phi) is 2.32. The molecule has 0 radical (unpaired) electrons. The van der Waals surface area contributed by atoms with Crippen molar-refractivity contribution in [2.24, 2.45) is 0 Å². The Hall–Kier alpha value is -1.24. The van der Waals surface area contributed by atoms with Gasteiger partial charge in [-0.25, -0.2) is 4.98 Å². The summed E-state index contributed by atoms with van der Waals surface area (Å²) in [6, 6.07) is 7.10. The third-order valence-electron chi connectivity index (χ3n) is 2.75. The molecule has 6 heteroatoms. The molecule has 1 atom stereocenters. The van der Waals surface area contributed by atoms with Crippen molar-refractivity contribution >= 4 is 38.9 Å². The molecule has 17 heavy (non-hydrogen) atoms. The van der Waals surface area contributed by atoms with Crippen LogP contribution in [-0.4, -0.2) is 16.0 Å². The van der Waals surface area contributed by atoms with Gasteiger partial charge in [-0.1, -0.05) is 18.2 Å². The van der Waals surface area contributed by atoms with E-state index in [0.717, 1.165) is 0 Å². The van der Waals surface area contributed by atoms with Gasteiger partial charge >= 0.3 is 0 Å². The van der Waals surface area contributed by atoms with Crippen LogP contribution in [0.2, 0.25) is 0 Å². The van der Waals surface area contributed by atoms with Crippen molar-refractivity contribution in [1.29, 1.82) is 0 Å². The topological polar surface area (TPSA) is 62.2 Å². The van der Waals surface area contributed by atoms with E-state index in [0.29, 0.717) is 20.7 Å². The first-order valence-electron chi connectivity index (χ1n) is 4.87. The summed E-state index contributed by atoms with van der Waals surface area (Å²) in [6.45, 7) is 0. The predicted molar refractivity (Wildman–Crippen MR) is 67.9 cm³/mol. The lowest BCUT2D eigenvalue weighted by Gasteiger charge is -2.19. The van der Waals surface area contributed by atoms with Crippen LogP contribution in [0.1, 0.15) is 10.4 Å². The first kappa shape index (κ1) is 10.9. The van der Waals surface area contributed by atoms with E-state index >= 15 is 0 Å². The molecule has 4 nitrogen and oxygen atoms in total. The Morgan fingerprint density at radius 3 is 2.88 bits per heavy atom. The van der Waals surface area contributed by atoms with E-state index in [9.17, 15) is 9.90 Å². The minimum atomic E-state index is -1.64. The molecule has 1 aliphatic rings. The maximum Gasteiger partial charge on any atom is 0.266 e. The second kappa shape index (κ2) is 3.63. The smallest absolute Gasteiger partial charge is 0.266 e. The van der Waals surface area contributed by atoms with E-state index in [-0.39, 0.29) is 0 Å². The molecular weight excluding hydrogens is 304 g/mol. The first-order chi connectivity index (χ1) is 8.14. The monoisotopic (exact) mass is 310 g/mol. The standard InChI is InChI=1S/C11H7BrN2O2S/c12-9-8(17-5-13-9)11(16)6-3-1-2-4-7(6)14-10(11)15/h1-5,16H,(H,14,15). The van der Waals surface area contributed by atoms with Crippen LogP contribution in [0.15, 0.2) is 34.4 Å². The third-order valence-corrected chi connectivity index (χ3v) is 4.55. The number of para-hydroxylation sites is 1. The number of fused-ring (bicyclic) bond motifs is 1. The summed E-state index contributed by atoms with van der Waals surface area (Å²) in [7, 11) is 0. The second-order valence-electron chi connectivity index (χ2n) is 3.68. The van der Waals surface area contributed by atoms with Crippen molar-refractivity contribution < 1.29 is 9.90 Å². The Morgan fingerprint density at radius 1 is 1.41 bits per heavy atom. The highest BCUT2D eigenvalue weighted by molar-refractivity contribution is 9.10. The van der Waals surface area contributed by atoms with E-state index in [4.69, 9.17) is 0 Å². The van der Waals surface area contributed by atoms with Gasteiger partial charge in [0.1, 0.15) is 4.60 Å². The summed E-state index contributed by atoms with van der Waals surface area (Å²) in [5.74, 6) is -0.441. The molecule has 0 spiro atoms. The maximum absolute atomic E-state index is 12.0. The van der Waals surface area contributed by atoms with Crippen molar-refractivity contribution in [3.8, 4) is 0 Å². The van der Waals surface area contributed by atoms with Crippen molar-refractivity contribution in [2.45, 2.75) is 5.60 Å². The number of amides is 1. The number of thiazole rings is 1. The third kappa shape index (κ3) is 1.38. The van der Waals surface area contributed by atoms with E-state index in [1.807, 2.05) is 6.07 Å². The Bertz CT molecular complexity index is 613. The molecule has 1 aliphatic heterocycles. The average molecular weight is 311 g/mol. The molecule has 1 unspecified atom stereocenters. The van der Waals surface area contributed by atoms with Crippen LogP contribution >= 0.6 is 27.3 Å². The lowest BCUT2D eigenvalue weighted by Crippen LogP contribution is -2.34. The number of carbonyl (C=O) groups excluding carboxylic acids is 1. The zero-order chi connectivity index (χ0) is 12.0. The molecule has 86 valence electrons. The fraction of sp³-hybridized carbons (Fsp3) is 0.0909. The van der Waals surface area contributed by atoms with Crippen LogP contribution in [0.4, 0.5) is 5.69 Å². The summed E-state index contributed by atoms with van der Waals surface area (Å²) < 4.78 is 0.497. The van der Waals surface area contributed by atoms with E-state index < -0.39 is 11.5 Å². The number of rotatable bonds is 1. The SMILES string of the molecule is O=C1Nc2ccccc2C1(O)c1scnc1Br. The Morgan fingerprint density at radius 2 is 2.18 bits per heavy atom. The molecule has 0 fully saturated rings. The van der Waals surface area contributed by atoms with Crippen molar-refractivity contribution in [3.05, 3.63) is 44.8 Å². The van der Waals surface area contributed by atoms with Gasteiger partial charge in [0.05, 0.1) is 10.4 Å². The molecule has 1 aromatic carbocycles. The minimum Gasteiger partial charge on any atom is -0.371 e. The molecule has 0 saturated heterocycles. The quantitative estimate of drug-likeness (QED) is 0.848. The van der Waals surface area contributed by atoms with Gasteiger partial charge in [-0.3, -0.25) is 4.79 Å². The van der Waals surface area contributed by atoms with Crippen LogP contribution in [0, 0.1) is 0 Å². The molecular formula is C11H7BrN2O2S. The zero-order valence-electron chi connectivity index (χ0n) is 8.48. The molecule has 0 saturated carbocycles. The molecule has 1 aromatic heterocycles. The lowest BCUT2D eigenvalue weighted by atomic mass is 9.94. The first-order valence-corrected chi connectivity index (χ1v) is 6.54. The van der Waals surface area contributed by atoms with Gasteiger partial charge in [0.15, 0.2) is 0 Å². The highest BCUT2D eigenvalue weighted by atomic mass is 79.9. The number of nitrogens with zero attached hydrogens (tertiary/aromatic N) is 1. The van der Waals surface area contributed by atoms with E-state index in [1.165, 1.54) is 11.3 Å². The van der Waals surface area contributed by atoms with Crippen LogP contribution in [0.25, 0.3) is 0 Å². The summed E-state index contributed by atoms with van der Waals surface area (Å²) in [6.07, 6.45) is 0. The van der Waals surface area contributed by atoms with Gasteiger partial charge in [0.2, 0.25) is 5.60 Å². The number of anilines is 1. The fourth-order valence-corrected chi connectivity index (χ4v) is 3.53. The summed E-state index contributed by atoms with van der Waals surface area (Å²) >= 11 is 4.49. The Labute approximate surface area is 109 Å². The number of hydrogen-bond donors (Lipinski definition) is 2. The molecule has 2 aromatic rings. The molecule has 1 amide bonds. The maximum atomic E-state index is 12.0. The number of hydrogen-bond acceptors (Lipinski definition) is 4. The van der Waals surface area contributed by atoms with Gasteiger partial charge in [-0.05, 0) is 22.0 Å². The summed E-state index contributed by atoms with van der Waals surface area (Å²) in [5.41, 5.74) is 1.15. The van der Waals surface area contributed by atoms with Crippen LogP contribution in [0.5, 0.6) is 0 Å². The van der Waals surface area contributed by atoms with Crippen LogP contribution < -0.4 is 5.32 Å². The summed E-state index contributed by atoms with van der Waals surface area (Å²) in [4.78, 5) is 16.5. The number of halogens is 1. The zero-order valence-corrected chi connectivity index (χ0v) is 10.9. The van der Waals surface area contributed by atoms with Gasteiger partial charge in [0.25, 0.3) is 5.91 Å². The molecule has 3 rings (SSSR count). The number of nitrogens with one attached hydrogen (secondary N) is 1.